The Bertz CT molecular complexity index is 322. The van der Waals surface area contributed by atoms with Gasteiger partial charge < -0.3 is 10.4 Å². The fraction of sp³-hybridized carbons (Fsp3) is 0.571. The predicted octanol–water partition coefficient (Wildman–Crippen LogP) is 2.55. The summed E-state index contributed by atoms with van der Waals surface area (Å²) in [6, 6.07) is 6.55. The Balaban J connectivity index is 2.67. The monoisotopic (exact) mass is 221 g/mol. The van der Waals surface area contributed by atoms with Crippen LogP contribution in [0.1, 0.15) is 37.0 Å². The van der Waals surface area contributed by atoms with E-state index in [0.29, 0.717) is 0 Å². The normalized spacial score (nSPS) is 14.8. The van der Waals surface area contributed by atoms with Crippen LogP contribution in [0.15, 0.2) is 18.2 Å². The number of nitrogens with one attached hydrogen (secondary N) is 1. The summed E-state index contributed by atoms with van der Waals surface area (Å²) in [6.45, 7) is 9.35. The summed E-state index contributed by atoms with van der Waals surface area (Å²) >= 11 is 0. The van der Waals surface area contributed by atoms with Crippen molar-refractivity contribution in [1.29, 1.82) is 0 Å². The lowest BCUT2D eigenvalue weighted by Crippen LogP contribution is -2.44. The molecule has 0 aliphatic carbocycles. The standard InChI is InChI=1S/C14H23NO/c1-5-14(4,10-16)15-9-13-7-11(2)6-12(3)8-13/h6-8,15-16H,5,9-10H2,1-4H3. The molecular formula is C14H23NO. The van der Waals surface area contributed by atoms with Gasteiger partial charge in [-0.3, -0.25) is 0 Å². The van der Waals surface area contributed by atoms with Crippen molar-refractivity contribution in [2.75, 3.05) is 6.61 Å². The van der Waals surface area contributed by atoms with Gasteiger partial charge in [-0.25, -0.2) is 0 Å². The molecule has 0 amide bonds. The van der Waals surface area contributed by atoms with Gasteiger partial charge in [-0.2, -0.15) is 0 Å². The van der Waals surface area contributed by atoms with Crippen LogP contribution in [0.5, 0.6) is 0 Å². The highest BCUT2D eigenvalue weighted by Crippen LogP contribution is 2.12. The molecule has 1 atom stereocenters. The van der Waals surface area contributed by atoms with E-state index in [2.05, 4.69) is 51.2 Å². The maximum atomic E-state index is 9.31. The molecule has 2 N–H and O–H groups in total. The summed E-state index contributed by atoms with van der Waals surface area (Å²) in [5, 5.41) is 12.7. The Hall–Kier alpha value is -0.860. The molecule has 0 aliphatic rings. The molecule has 2 nitrogen and oxygen atoms in total. The van der Waals surface area contributed by atoms with Crippen LogP contribution in [0.2, 0.25) is 0 Å². The minimum absolute atomic E-state index is 0.169. The van der Waals surface area contributed by atoms with Gasteiger partial charge in [0.2, 0.25) is 0 Å². The van der Waals surface area contributed by atoms with Gasteiger partial charge in [0.1, 0.15) is 0 Å². The molecule has 16 heavy (non-hydrogen) atoms. The Kier molecular flexibility index (Phi) is 4.51. The molecule has 1 aromatic rings. The van der Waals surface area contributed by atoms with Gasteiger partial charge >= 0.3 is 0 Å². The van der Waals surface area contributed by atoms with Gasteiger partial charge in [0.15, 0.2) is 0 Å². The highest BCUT2D eigenvalue weighted by molar-refractivity contribution is 5.28. The molecule has 0 aromatic heterocycles. The summed E-state index contributed by atoms with van der Waals surface area (Å²) in [7, 11) is 0. The van der Waals surface area contributed by atoms with Crippen molar-refractivity contribution in [3.05, 3.63) is 34.9 Å². The van der Waals surface area contributed by atoms with E-state index in [1.807, 2.05) is 0 Å². The second-order valence-electron chi connectivity index (χ2n) is 4.92. The lowest BCUT2D eigenvalue weighted by molar-refractivity contribution is 0.169. The second-order valence-corrected chi connectivity index (χ2v) is 4.92. The molecular weight excluding hydrogens is 198 g/mol. The molecule has 0 heterocycles. The van der Waals surface area contributed by atoms with Crippen LogP contribution in [0.4, 0.5) is 0 Å². The first kappa shape index (κ1) is 13.2. The van der Waals surface area contributed by atoms with E-state index in [-0.39, 0.29) is 12.1 Å². The van der Waals surface area contributed by atoms with E-state index in [9.17, 15) is 5.11 Å². The number of aliphatic hydroxyl groups is 1. The highest BCUT2D eigenvalue weighted by Gasteiger charge is 2.19. The third kappa shape index (κ3) is 3.62. The van der Waals surface area contributed by atoms with Crippen LogP contribution in [-0.4, -0.2) is 17.3 Å². The first-order valence-corrected chi connectivity index (χ1v) is 5.92. The van der Waals surface area contributed by atoms with Gasteiger partial charge in [0, 0.05) is 12.1 Å². The summed E-state index contributed by atoms with van der Waals surface area (Å²) in [6.07, 6.45) is 0.925. The van der Waals surface area contributed by atoms with E-state index in [0.717, 1.165) is 13.0 Å². The molecule has 90 valence electrons. The Morgan fingerprint density at radius 1 is 1.19 bits per heavy atom. The van der Waals surface area contributed by atoms with Crippen LogP contribution in [0.3, 0.4) is 0 Å². The van der Waals surface area contributed by atoms with E-state index in [1.165, 1.54) is 16.7 Å². The second kappa shape index (κ2) is 5.46. The fourth-order valence-corrected chi connectivity index (χ4v) is 1.78. The minimum Gasteiger partial charge on any atom is -0.394 e. The Labute approximate surface area is 98.7 Å². The zero-order valence-electron chi connectivity index (χ0n) is 10.8. The van der Waals surface area contributed by atoms with Gasteiger partial charge in [-0.05, 0) is 32.8 Å². The summed E-state index contributed by atoms with van der Waals surface area (Å²) in [4.78, 5) is 0. The summed E-state index contributed by atoms with van der Waals surface area (Å²) in [5.74, 6) is 0. The molecule has 0 spiro atoms. The fourth-order valence-electron chi connectivity index (χ4n) is 1.78. The summed E-state index contributed by atoms with van der Waals surface area (Å²) < 4.78 is 0. The van der Waals surface area contributed by atoms with Crippen LogP contribution in [-0.2, 0) is 6.54 Å². The zero-order chi connectivity index (χ0) is 12.2. The van der Waals surface area contributed by atoms with Crippen molar-refractivity contribution < 1.29 is 5.11 Å². The highest BCUT2D eigenvalue weighted by atomic mass is 16.3. The number of benzene rings is 1. The van der Waals surface area contributed by atoms with Crippen LogP contribution in [0, 0.1) is 13.8 Å². The van der Waals surface area contributed by atoms with Crippen molar-refractivity contribution >= 4 is 0 Å². The van der Waals surface area contributed by atoms with Crippen molar-refractivity contribution in [2.24, 2.45) is 0 Å². The van der Waals surface area contributed by atoms with Gasteiger partial charge in [0.05, 0.1) is 6.61 Å². The molecule has 0 saturated carbocycles. The molecule has 0 radical (unpaired) electrons. The Morgan fingerprint density at radius 2 is 1.75 bits per heavy atom. The molecule has 1 aromatic carbocycles. The van der Waals surface area contributed by atoms with Crippen LogP contribution >= 0.6 is 0 Å². The predicted molar refractivity (Wildman–Crippen MR) is 68.5 cm³/mol. The maximum absolute atomic E-state index is 9.31. The van der Waals surface area contributed by atoms with E-state index in [1.54, 1.807) is 0 Å². The number of aryl methyl sites for hydroxylation is 2. The minimum atomic E-state index is -0.169. The molecule has 0 bridgehead atoms. The molecule has 0 aliphatic heterocycles. The van der Waals surface area contributed by atoms with Crippen LogP contribution in [0.25, 0.3) is 0 Å². The van der Waals surface area contributed by atoms with Crippen molar-refractivity contribution in [3.8, 4) is 0 Å². The third-order valence-electron chi connectivity index (χ3n) is 3.13. The molecule has 1 rings (SSSR count). The van der Waals surface area contributed by atoms with Crippen molar-refractivity contribution in [1.82, 2.24) is 5.32 Å². The average Bonchev–Trinajstić information content (AvgIpc) is 2.25. The van der Waals surface area contributed by atoms with Gasteiger partial charge in [-0.15, -0.1) is 0 Å². The molecule has 0 fully saturated rings. The van der Waals surface area contributed by atoms with E-state index < -0.39 is 0 Å². The van der Waals surface area contributed by atoms with Crippen LogP contribution < -0.4 is 5.32 Å². The van der Waals surface area contributed by atoms with Gasteiger partial charge in [-0.1, -0.05) is 36.2 Å². The number of rotatable bonds is 5. The SMILES string of the molecule is CCC(C)(CO)NCc1cc(C)cc(C)c1. The maximum Gasteiger partial charge on any atom is 0.0610 e. The quantitative estimate of drug-likeness (QED) is 0.801. The van der Waals surface area contributed by atoms with E-state index in [4.69, 9.17) is 0 Å². The first-order valence-electron chi connectivity index (χ1n) is 5.92. The van der Waals surface area contributed by atoms with Crippen molar-refractivity contribution in [2.45, 2.75) is 46.2 Å². The molecule has 0 saturated heterocycles. The largest absolute Gasteiger partial charge is 0.394 e. The lowest BCUT2D eigenvalue weighted by atomic mass is 9.99. The lowest BCUT2D eigenvalue weighted by Gasteiger charge is -2.27. The number of aliphatic hydroxyl groups excluding tert-OH is 1. The van der Waals surface area contributed by atoms with Crippen molar-refractivity contribution in [3.63, 3.8) is 0 Å². The first-order chi connectivity index (χ1) is 7.49. The number of hydrogen-bond donors (Lipinski definition) is 2. The summed E-state index contributed by atoms with van der Waals surface area (Å²) in [5.41, 5.74) is 3.70. The number of hydrogen-bond acceptors (Lipinski definition) is 2. The third-order valence-corrected chi connectivity index (χ3v) is 3.13. The van der Waals surface area contributed by atoms with Gasteiger partial charge in [0.25, 0.3) is 0 Å². The zero-order valence-corrected chi connectivity index (χ0v) is 10.8. The topological polar surface area (TPSA) is 32.3 Å². The molecule has 2 heteroatoms. The Morgan fingerprint density at radius 3 is 2.19 bits per heavy atom. The average molecular weight is 221 g/mol. The smallest absolute Gasteiger partial charge is 0.0610 e. The van der Waals surface area contributed by atoms with E-state index >= 15 is 0 Å². The molecule has 1 unspecified atom stereocenters.